The van der Waals surface area contributed by atoms with Crippen molar-refractivity contribution >= 4 is 21.7 Å². The quantitative estimate of drug-likeness (QED) is 0.552. The zero-order valence-electron chi connectivity index (χ0n) is 6.23. The van der Waals surface area contributed by atoms with Gasteiger partial charge in [0.1, 0.15) is 0 Å². The summed E-state index contributed by atoms with van der Waals surface area (Å²) in [6.07, 6.45) is 4.55. The van der Waals surface area contributed by atoms with E-state index < -0.39 is 0 Å². The van der Waals surface area contributed by atoms with E-state index in [1.807, 2.05) is 6.08 Å². The first-order chi connectivity index (χ1) is 4.51. The molecule has 0 bridgehead atoms. The van der Waals surface area contributed by atoms with Gasteiger partial charge in [0.05, 0.1) is 4.83 Å². The monoisotopic (exact) mass is 202 g/mol. The number of hydrogen-bond acceptors (Lipinski definition) is 1. The Morgan fingerprint density at radius 1 is 1.70 bits per heavy atom. The summed E-state index contributed by atoms with van der Waals surface area (Å²) < 4.78 is 0. The second-order valence-corrected chi connectivity index (χ2v) is 4.50. The lowest BCUT2D eigenvalue weighted by molar-refractivity contribution is -0.114. The SMILES string of the molecule is CC1(C)C=CC(=O)C(Br)C1. The van der Waals surface area contributed by atoms with Crippen molar-refractivity contribution in [2.24, 2.45) is 5.41 Å². The summed E-state index contributed by atoms with van der Waals surface area (Å²) in [5.41, 5.74) is 0.183. The molecule has 0 radical (unpaired) electrons. The Bertz CT molecular complexity index is 182. The van der Waals surface area contributed by atoms with Gasteiger partial charge in [0.2, 0.25) is 0 Å². The van der Waals surface area contributed by atoms with Gasteiger partial charge in [0, 0.05) is 0 Å². The number of hydrogen-bond donors (Lipinski definition) is 0. The molecule has 0 heterocycles. The van der Waals surface area contributed by atoms with Gasteiger partial charge in [-0.1, -0.05) is 35.9 Å². The summed E-state index contributed by atoms with van der Waals surface area (Å²) in [6.45, 7) is 4.26. The number of rotatable bonds is 0. The van der Waals surface area contributed by atoms with Crippen molar-refractivity contribution in [3.63, 3.8) is 0 Å². The van der Waals surface area contributed by atoms with Crippen LogP contribution in [0, 0.1) is 5.41 Å². The predicted molar refractivity (Wildman–Crippen MR) is 45.3 cm³/mol. The van der Waals surface area contributed by atoms with E-state index in [0.717, 1.165) is 6.42 Å². The van der Waals surface area contributed by atoms with E-state index in [9.17, 15) is 4.79 Å². The lowest BCUT2D eigenvalue weighted by Gasteiger charge is -2.26. The van der Waals surface area contributed by atoms with Gasteiger partial charge in [-0.05, 0) is 17.9 Å². The number of ketones is 1. The van der Waals surface area contributed by atoms with Crippen LogP contribution in [0.4, 0.5) is 0 Å². The van der Waals surface area contributed by atoms with Crippen molar-refractivity contribution in [2.45, 2.75) is 25.1 Å². The first-order valence-corrected chi connectivity index (χ1v) is 4.30. The van der Waals surface area contributed by atoms with Gasteiger partial charge in [-0.15, -0.1) is 0 Å². The molecule has 0 aromatic heterocycles. The first kappa shape index (κ1) is 7.99. The normalized spacial score (nSPS) is 30.7. The second-order valence-electron chi connectivity index (χ2n) is 3.40. The van der Waals surface area contributed by atoms with E-state index in [1.165, 1.54) is 0 Å². The number of alkyl halides is 1. The third-order valence-electron chi connectivity index (χ3n) is 1.71. The molecule has 0 N–H and O–H groups in total. The Morgan fingerprint density at radius 2 is 2.30 bits per heavy atom. The third kappa shape index (κ3) is 1.69. The van der Waals surface area contributed by atoms with Gasteiger partial charge >= 0.3 is 0 Å². The Balaban J connectivity index is 2.78. The maximum atomic E-state index is 10.9. The molecule has 1 nitrogen and oxygen atoms in total. The highest BCUT2D eigenvalue weighted by molar-refractivity contribution is 9.10. The molecule has 0 aliphatic heterocycles. The number of carbonyl (C=O) groups is 1. The van der Waals surface area contributed by atoms with Gasteiger partial charge in [-0.2, -0.15) is 0 Å². The van der Waals surface area contributed by atoms with Crippen molar-refractivity contribution in [3.05, 3.63) is 12.2 Å². The summed E-state index contributed by atoms with van der Waals surface area (Å²) in [4.78, 5) is 11.0. The van der Waals surface area contributed by atoms with Crippen LogP contribution in [0.3, 0.4) is 0 Å². The molecule has 1 atom stereocenters. The second kappa shape index (κ2) is 2.50. The van der Waals surface area contributed by atoms with Crippen LogP contribution >= 0.6 is 15.9 Å². The molecule has 1 rings (SSSR count). The van der Waals surface area contributed by atoms with Crippen LogP contribution in [0.5, 0.6) is 0 Å². The molecule has 0 saturated carbocycles. The molecule has 2 heteroatoms. The fourth-order valence-corrected chi connectivity index (χ4v) is 2.03. The Labute approximate surface area is 69.6 Å². The minimum atomic E-state index is 0.0347. The van der Waals surface area contributed by atoms with Gasteiger partial charge in [0.15, 0.2) is 5.78 Å². The molecule has 0 spiro atoms. The molecule has 56 valence electrons. The summed E-state index contributed by atoms with van der Waals surface area (Å²) in [6, 6.07) is 0. The standard InChI is InChI=1S/C8H11BrO/c1-8(2)4-3-7(10)6(9)5-8/h3-4,6H,5H2,1-2H3. The Morgan fingerprint density at radius 3 is 2.70 bits per heavy atom. The summed E-state index contributed by atoms with van der Waals surface area (Å²) in [5, 5.41) is 0. The molecule has 0 fully saturated rings. The van der Waals surface area contributed by atoms with Crippen LogP contribution in [0.2, 0.25) is 0 Å². The van der Waals surface area contributed by atoms with E-state index >= 15 is 0 Å². The van der Waals surface area contributed by atoms with E-state index in [2.05, 4.69) is 29.8 Å². The van der Waals surface area contributed by atoms with Crippen LogP contribution < -0.4 is 0 Å². The topological polar surface area (TPSA) is 17.1 Å². The number of allylic oxidation sites excluding steroid dienone is 2. The molecule has 0 aromatic rings. The van der Waals surface area contributed by atoms with Crippen molar-refractivity contribution in [3.8, 4) is 0 Å². The Hall–Kier alpha value is -0.110. The van der Waals surface area contributed by atoms with Crippen LogP contribution in [0.1, 0.15) is 20.3 Å². The third-order valence-corrected chi connectivity index (χ3v) is 2.49. The molecule has 0 aromatic carbocycles. The zero-order chi connectivity index (χ0) is 7.78. The van der Waals surface area contributed by atoms with Gasteiger partial charge in [0.25, 0.3) is 0 Å². The van der Waals surface area contributed by atoms with E-state index in [4.69, 9.17) is 0 Å². The fourth-order valence-electron chi connectivity index (χ4n) is 1.04. The molecule has 1 unspecified atom stereocenters. The summed E-state index contributed by atoms with van der Waals surface area (Å²) >= 11 is 3.33. The van der Waals surface area contributed by atoms with Gasteiger partial charge in [-0.25, -0.2) is 0 Å². The molecule has 1 aliphatic rings. The largest absolute Gasteiger partial charge is 0.294 e. The van der Waals surface area contributed by atoms with E-state index in [1.54, 1.807) is 6.08 Å². The van der Waals surface area contributed by atoms with Crippen LogP contribution in [0.25, 0.3) is 0 Å². The zero-order valence-corrected chi connectivity index (χ0v) is 7.81. The molecule has 10 heavy (non-hydrogen) atoms. The van der Waals surface area contributed by atoms with Crippen molar-refractivity contribution < 1.29 is 4.79 Å². The van der Waals surface area contributed by atoms with Crippen LogP contribution in [-0.2, 0) is 4.79 Å². The average molecular weight is 203 g/mol. The van der Waals surface area contributed by atoms with Crippen LogP contribution in [-0.4, -0.2) is 10.6 Å². The maximum absolute atomic E-state index is 10.9. The minimum absolute atomic E-state index is 0.0347. The lowest BCUT2D eigenvalue weighted by atomic mass is 9.82. The maximum Gasteiger partial charge on any atom is 0.169 e. The average Bonchev–Trinajstić information content (AvgIpc) is 1.79. The minimum Gasteiger partial charge on any atom is -0.294 e. The highest BCUT2D eigenvalue weighted by Gasteiger charge is 2.26. The Kier molecular flexibility index (Phi) is 1.99. The highest BCUT2D eigenvalue weighted by Crippen LogP contribution is 2.31. The first-order valence-electron chi connectivity index (χ1n) is 3.38. The fraction of sp³-hybridized carbons (Fsp3) is 0.625. The van der Waals surface area contributed by atoms with E-state index in [0.29, 0.717) is 0 Å². The number of halogens is 1. The smallest absolute Gasteiger partial charge is 0.169 e. The molecule has 1 aliphatic carbocycles. The molecule has 0 amide bonds. The highest BCUT2D eigenvalue weighted by atomic mass is 79.9. The molecule has 0 saturated heterocycles. The summed E-state index contributed by atoms with van der Waals surface area (Å²) in [7, 11) is 0. The van der Waals surface area contributed by atoms with Gasteiger partial charge < -0.3 is 0 Å². The van der Waals surface area contributed by atoms with Gasteiger partial charge in [-0.3, -0.25) is 4.79 Å². The lowest BCUT2D eigenvalue weighted by Crippen LogP contribution is -2.25. The summed E-state index contributed by atoms with van der Waals surface area (Å²) in [5.74, 6) is 0.194. The van der Waals surface area contributed by atoms with E-state index in [-0.39, 0.29) is 16.0 Å². The van der Waals surface area contributed by atoms with Crippen molar-refractivity contribution in [1.82, 2.24) is 0 Å². The number of carbonyl (C=O) groups excluding carboxylic acids is 1. The van der Waals surface area contributed by atoms with Crippen molar-refractivity contribution in [2.75, 3.05) is 0 Å². The van der Waals surface area contributed by atoms with Crippen LogP contribution in [0.15, 0.2) is 12.2 Å². The van der Waals surface area contributed by atoms with Crippen molar-refractivity contribution in [1.29, 1.82) is 0 Å². The predicted octanol–water partition coefficient (Wildman–Crippen LogP) is 2.31. The molecular formula is C8H11BrO. The molecular weight excluding hydrogens is 192 g/mol.